The Morgan fingerprint density at radius 1 is 1.77 bits per heavy atom. The molecule has 0 spiro atoms. The predicted octanol–water partition coefficient (Wildman–Crippen LogP) is 0.516. The van der Waals surface area contributed by atoms with E-state index in [9.17, 15) is 0 Å². The lowest BCUT2D eigenvalue weighted by molar-refractivity contribution is 0.177. The smallest absolute Gasteiger partial charge is 0.0510 e. The fraction of sp³-hybridized carbons (Fsp3) is 0.800. The Morgan fingerprint density at radius 3 is 3.00 bits per heavy atom. The van der Waals surface area contributed by atoms with Gasteiger partial charge in [0, 0.05) is 31.7 Å². The Hall–Kier alpha value is -0.380. The van der Waals surface area contributed by atoms with Gasteiger partial charge in [0.25, 0.3) is 0 Å². The fourth-order valence-corrected chi connectivity index (χ4v) is 1.62. The topological polar surface area (TPSA) is 47.3 Å². The molecule has 1 saturated heterocycles. The first-order chi connectivity index (χ1) is 6.24. The highest BCUT2D eigenvalue weighted by Gasteiger charge is 2.23. The van der Waals surface area contributed by atoms with Crippen LogP contribution in [-0.4, -0.2) is 32.3 Å². The van der Waals surface area contributed by atoms with Gasteiger partial charge in [0.05, 0.1) is 6.61 Å². The van der Waals surface area contributed by atoms with E-state index in [0.29, 0.717) is 18.5 Å². The van der Waals surface area contributed by atoms with Gasteiger partial charge >= 0.3 is 0 Å². The van der Waals surface area contributed by atoms with Crippen LogP contribution in [-0.2, 0) is 4.74 Å². The number of hydrogen-bond donors (Lipinski definition) is 2. The zero-order valence-corrected chi connectivity index (χ0v) is 8.38. The van der Waals surface area contributed by atoms with Gasteiger partial charge in [-0.15, -0.1) is 0 Å². The Balaban J connectivity index is 2.28. The maximum atomic E-state index is 5.69. The largest absolute Gasteiger partial charge is 0.381 e. The third-order valence-electron chi connectivity index (χ3n) is 2.45. The first-order valence-electron chi connectivity index (χ1n) is 4.89. The summed E-state index contributed by atoms with van der Waals surface area (Å²) in [7, 11) is 0. The van der Waals surface area contributed by atoms with Crippen LogP contribution >= 0.6 is 0 Å². The summed E-state index contributed by atoms with van der Waals surface area (Å²) < 4.78 is 5.33. The molecule has 1 fully saturated rings. The third kappa shape index (κ3) is 3.46. The summed E-state index contributed by atoms with van der Waals surface area (Å²) in [5, 5.41) is 3.41. The zero-order valence-electron chi connectivity index (χ0n) is 8.38. The molecule has 3 nitrogen and oxygen atoms in total. The monoisotopic (exact) mass is 184 g/mol. The van der Waals surface area contributed by atoms with E-state index in [-0.39, 0.29) is 0 Å². The minimum Gasteiger partial charge on any atom is -0.381 e. The van der Waals surface area contributed by atoms with Crippen molar-refractivity contribution >= 4 is 0 Å². The summed E-state index contributed by atoms with van der Waals surface area (Å²) in [6.45, 7) is 9.15. The van der Waals surface area contributed by atoms with Crippen molar-refractivity contribution < 1.29 is 4.74 Å². The Kier molecular flexibility index (Phi) is 4.42. The van der Waals surface area contributed by atoms with Gasteiger partial charge in [-0.2, -0.15) is 0 Å². The highest BCUT2D eigenvalue weighted by atomic mass is 16.5. The van der Waals surface area contributed by atoms with Crippen molar-refractivity contribution in [3.63, 3.8) is 0 Å². The Morgan fingerprint density at radius 2 is 2.54 bits per heavy atom. The maximum Gasteiger partial charge on any atom is 0.0510 e. The van der Waals surface area contributed by atoms with E-state index in [1.54, 1.807) is 0 Å². The second kappa shape index (κ2) is 5.37. The van der Waals surface area contributed by atoms with Gasteiger partial charge in [-0.3, -0.25) is 0 Å². The standard InChI is InChI=1S/C10H20N2O/c1-8(2)6-12-10(5-11)9-3-4-13-7-9/h9-10,12H,1,3-7,11H2,2H3. The van der Waals surface area contributed by atoms with Crippen LogP contribution in [0.1, 0.15) is 13.3 Å². The second-order valence-corrected chi connectivity index (χ2v) is 3.80. The molecule has 0 amide bonds. The van der Waals surface area contributed by atoms with Crippen molar-refractivity contribution in [2.45, 2.75) is 19.4 Å². The first kappa shape index (κ1) is 10.7. The lowest BCUT2D eigenvalue weighted by Crippen LogP contribution is -2.43. The second-order valence-electron chi connectivity index (χ2n) is 3.80. The molecule has 1 aliphatic rings. The lowest BCUT2D eigenvalue weighted by Gasteiger charge is -2.22. The minimum absolute atomic E-state index is 0.388. The molecule has 2 unspecified atom stereocenters. The van der Waals surface area contributed by atoms with Crippen molar-refractivity contribution in [1.29, 1.82) is 0 Å². The number of rotatable bonds is 5. The molecular formula is C10H20N2O. The van der Waals surface area contributed by atoms with Crippen LogP contribution in [0.3, 0.4) is 0 Å². The number of ether oxygens (including phenoxy) is 1. The average Bonchev–Trinajstić information content (AvgIpc) is 2.58. The molecule has 0 saturated carbocycles. The van der Waals surface area contributed by atoms with Gasteiger partial charge in [-0.1, -0.05) is 12.2 Å². The van der Waals surface area contributed by atoms with E-state index in [2.05, 4.69) is 11.9 Å². The van der Waals surface area contributed by atoms with Crippen LogP contribution in [0, 0.1) is 5.92 Å². The highest BCUT2D eigenvalue weighted by molar-refractivity contribution is 4.93. The first-order valence-corrected chi connectivity index (χ1v) is 4.89. The summed E-state index contributed by atoms with van der Waals surface area (Å²) in [6.07, 6.45) is 1.13. The number of hydrogen-bond acceptors (Lipinski definition) is 3. The molecule has 1 aliphatic heterocycles. The van der Waals surface area contributed by atoms with E-state index in [0.717, 1.165) is 31.8 Å². The Bertz CT molecular complexity index is 164. The summed E-state index contributed by atoms with van der Waals surface area (Å²) in [4.78, 5) is 0. The molecule has 0 aliphatic carbocycles. The van der Waals surface area contributed by atoms with Crippen LogP contribution in [0.25, 0.3) is 0 Å². The quantitative estimate of drug-likeness (QED) is 0.612. The summed E-state index contributed by atoms with van der Waals surface area (Å²) in [5.41, 5.74) is 6.84. The van der Waals surface area contributed by atoms with Crippen molar-refractivity contribution in [2.24, 2.45) is 11.7 Å². The Labute approximate surface area is 80.3 Å². The van der Waals surface area contributed by atoms with Gasteiger partial charge < -0.3 is 15.8 Å². The normalized spacial score (nSPS) is 24.6. The molecule has 3 heteroatoms. The molecule has 0 aromatic carbocycles. The molecule has 0 aromatic heterocycles. The molecule has 3 N–H and O–H groups in total. The third-order valence-corrected chi connectivity index (χ3v) is 2.45. The van der Waals surface area contributed by atoms with E-state index in [1.807, 2.05) is 6.92 Å². The lowest BCUT2D eigenvalue weighted by atomic mass is 9.99. The molecule has 1 heterocycles. The van der Waals surface area contributed by atoms with Crippen LogP contribution in [0.15, 0.2) is 12.2 Å². The molecular weight excluding hydrogens is 164 g/mol. The van der Waals surface area contributed by atoms with Gasteiger partial charge in [-0.25, -0.2) is 0 Å². The van der Waals surface area contributed by atoms with Crippen LogP contribution < -0.4 is 11.1 Å². The van der Waals surface area contributed by atoms with Crippen LogP contribution in [0.4, 0.5) is 0 Å². The van der Waals surface area contributed by atoms with Crippen LogP contribution in [0.5, 0.6) is 0 Å². The SMILES string of the molecule is C=C(C)CNC(CN)C1CCOC1. The van der Waals surface area contributed by atoms with Gasteiger partial charge in [-0.05, 0) is 13.3 Å². The average molecular weight is 184 g/mol. The number of nitrogens with one attached hydrogen (secondary N) is 1. The maximum absolute atomic E-state index is 5.69. The zero-order chi connectivity index (χ0) is 9.68. The summed E-state index contributed by atoms with van der Waals surface area (Å²) >= 11 is 0. The number of nitrogens with two attached hydrogens (primary N) is 1. The van der Waals surface area contributed by atoms with Crippen LogP contribution in [0.2, 0.25) is 0 Å². The van der Waals surface area contributed by atoms with Gasteiger partial charge in [0.1, 0.15) is 0 Å². The molecule has 2 atom stereocenters. The predicted molar refractivity (Wildman–Crippen MR) is 54.6 cm³/mol. The molecule has 0 radical (unpaired) electrons. The van der Waals surface area contributed by atoms with Crippen molar-refractivity contribution in [3.8, 4) is 0 Å². The van der Waals surface area contributed by atoms with Crippen molar-refractivity contribution in [1.82, 2.24) is 5.32 Å². The molecule has 1 rings (SSSR count). The van der Waals surface area contributed by atoms with E-state index < -0.39 is 0 Å². The van der Waals surface area contributed by atoms with E-state index >= 15 is 0 Å². The molecule has 0 aromatic rings. The summed E-state index contributed by atoms with van der Waals surface area (Å²) in [6, 6.07) is 0.388. The van der Waals surface area contributed by atoms with Crippen molar-refractivity contribution in [2.75, 3.05) is 26.3 Å². The minimum atomic E-state index is 0.388. The molecule has 0 bridgehead atoms. The van der Waals surface area contributed by atoms with Crippen molar-refractivity contribution in [3.05, 3.63) is 12.2 Å². The van der Waals surface area contributed by atoms with E-state index in [4.69, 9.17) is 10.5 Å². The summed E-state index contributed by atoms with van der Waals surface area (Å²) in [5.74, 6) is 0.587. The van der Waals surface area contributed by atoms with E-state index in [1.165, 1.54) is 0 Å². The molecule has 76 valence electrons. The van der Waals surface area contributed by atoms with Gasteiger partial charge in [0.2, 0.25) is 0 Å². The highest BCUT2D eigenvalue weighted by Crippen LogP contribution is 2.16. The van der Waals surface area contributed by atoms with Gasteiger partial charge in [0.15, 0.2) is 0 Å². The molecule has 13 heavy (non-hydrogen) atoms. The fourth-order valence-electron chi connectivity index (χ4n) is 1.62.